The number of allylic oxidation sites excluding steroid dienone is 3. The molecule has 0 amide bonds. The van der Waals surface area contributed by atoms with Crippen LogP contribution >= 0.6 is 0 Å². The van der Waals surface area contributed by atoms with E-state index in [0.717, 1.165) is 5.92 Å². The van der Waals surface area contributed by atoms with Crippen molar-refractivity contribution in [2.75, 3.05) is 0 Å². The first-order valence-corrected chi connectivity index (χ1v) is 4.82. The molecule has 0 aromatic carbocycles. The zero-order chi connectivity index (χ0) is 8.97. The maximum absolute atomic E-state index is 5.83. The van der Waals surface area contributed by atoms with Gasteiger partial charge in [-0.05, 0) is 31.3 Å². The predicted octanol–water partition coefficient (Wildman–Crippen LogP) is 3.27. The Morgan fingerprint density at radius 2 is 1.92 bits per heavy atom. The fourth-order valence-electron chi connectivity index (χ4n) is 1.97. The van der Waals surface area contributed by atoms with Crippen LogP contribution in [0.4, 0.5) is 0 Å². The van der Waals surface area contributed by atoms with E-state index in [2.05, 4.69) is 19.6 Å². The Hall–Kier alpha value is -0.455. The predicted molar refractivity (Wildman–Crippen MR) is 55.4 cm³/mol. The molecule has 0 aliphatic heterocycles. The second-order valence-electron chi connectivity index (χ2n) is 3.60. The smallest absolute Gasteiger partial charge is 0.0699 e. The van der Waals surface area contributed by atoms with Crippen molar-refractivity contribution in [3.8, 4) is 0 Å². The second kappa shape index (κ2) is 4.54. The molecule has 1 saturated carbocycles. The van der Waals surface area contributed by atoms with Crippen LogP contribution in [0.3, 0.4) is 0 Å². The first kappa shape index (κ1) is 9.63. The number of hydrogen-bond acceptors (Lipinski definition) is 0. The van der Waals surface area contributed by atoms with E-state index in [0.29, 0.717) is 5.82 Å². The average molecular weight is 160 g/mol. The highest BCUT2D eigenvalue weighted by Crippen LogP contribution is 2.34. The molecule has 0 spiro atoms. The van der Waals surface area contributed by atoms with Gasteiger partial charge in [-0.2, -0.15) is 0 Å². The molecular formula is C11H17B. The van der Waals surface area contributed by atoms with Crippen molar-refractivity contribution in [2.45, 2.75) is 38.4 Å². The molecule has 0 saturated heterocycles. The largest absolute Gasteiger partial charge is 0.0988 e. The molecule has 0 N–H and O–H groups in total. The van der Waals surface area contributed by atoms with Crippen LogP contribution in [0.5, 0.6) is 0 Å². The van der Waals surface area contributed by atoms with Gasteiger partial charge in [0.05, 0.1) is 7.85 Å². The molecule has 1 aliphatic rings. The molecule has 0 unspecified atom stereocenters. The lowest BCUT2D eigenvalue weighted by molar-refractivity contribution is 0.408. The van der Waals surface area contributed by atoms with E-state index in [9.17, 15) is 0 Å². The molecule has 0 nitrogen and oxygen atoms in total. The average Bonchev–Trinajstić information content (AvgIpc) is 2.10. The molecule has 64 valence electrons. The highest BCUT2D eigenvalue weighted by Gasteiger charge is 2.18. The topological polar surface area (TPSA) is 0 Å². The minimum atomic E-state index is 0.448. The minimum Gasteiger partial charge on any atom is -0.0988 e. The van der Waals surface area contributed by atoms with E-state index in [1.54, 1.807) is 0 Å². The van der Waals surface area contributed by atoms with Crippen molar-refractivity contribution in [2.24, 2.45) is 5.92 Å². The standard InChI is InChI=1S/C11H17B/c1-3-9(4-2)10-5-7-11(12)8-6-10/h3-4,10-11H,1,5-8H2,2H3/b9-4+. The summed E-state index contributed by atoms with van der Waals surface area (Å²) in [7, 11) is 5.83. The van der Waals surface area contributed by atoms with E-state index in [4.69, 9.17) is 7.85 Å². The van der Waals surface area contributed by atoms with Crippen molar-refractivity contribution in [3.05, 3.63) is 24.3 Å². The summed E-state index contributed by atoms with van der Waals surface area (Å²) in [6, 6.07) is 0. The molecule has 1 heteroatoms. The lowest BCUT2D eigenvalue weighted by atomic mass is 9.70. The van der Waals surface area contributed by atoms with E-state index < -0.39 is 0 Å². The molecule has 1 rings (SSSR count). The highest BCUT2D eigenvalue weighted by molar-refractivity contribution is 6.11. The Balaban J connectivity index is 2.48. The van der Waals surface area contributed by atoms with Gasteiger partial charge in [0.2, 0.25) is 0 Å². The fourth-order valence-corrected chi connectivity index (χ4v) is 1.97. The molecule has 1 aliphatic carbocycles. The van der Waals surface area contributed by atoms with E-state index in [-0.39, 0.29) is 0 Å². The summed E-state index contributed by atoms with van der Waals surface area (Å²) in [5, 5.41) is 0. The van der Waals surface area contributed by atoms with Crippen LogP contribution in [0.1, 0.15) is 32.6 Å². The van der Waals surface area contributed by atoms with Crippen molar-refractivity contribution >= 4 is 7.85 Å². The summed E-state index contributed by atoms with van der Waals surface area (Å²) in [5.74, 6) is 1.18. The monoisotopic (exact) mass is 160 g/mol. The quantitative estimate of drug-likeness (QED) is 0.429. The van der Waals surface area contributed by atoms with Gasteiger partial charge in [0.15, 0.2) is 0 Å². The van der Waals surface area contributed by atoms with Crippen molar-refractivity contribution in [1.29, 1.82) is 0 Å². The molecule has 1 fully saturated rings. The van der Waals surface area contributed by atoms with E-state index in [1.807, 2.05) is 6.08 Å². The summed E-state index contributed by atoms with van der Waals surface area (Å²) in [4.78, 5) is 0. The van der Waals surface area contributed by atoms with Crippen molar-refractivity contribution < 1.29 is 0 Å². The Bertz CT molecular complexity index is 173. The molecule has 0 bridgehead atoms. The van der Waals surface area contributed by atoms with Gasteiger partial charge in [-0.3, -0.25) is 0 Å². The Kier molecular flexibility index (Phi) is 3.64. The summed E-state index contributed by atoms with van der Waals surface area (Å²) in [6.07, 6.45) is 9.00. The van der Waals surface area contributed by atoms with Crippen LogP contribution in [-0.2, 0) is 0 Å². The summed E-state index contributed by atoms with van der Waals surface area (Å²) < 4.78 is 0. The number of hydrogen-bond donors (Lipinski definition) is 0. The third kappa shape index (κ3) is 2.26. The molecule has 2 radical (unpaired) electrons. The van der Waals surface area contributed by atoms with E-state index >= 15 is 0 Å². The van der Waals surface area contributed by atoms with Gasteiger partial charge in [0.25, 0.3) is 0 Å². The molecule has 0 heterocycles. The van der Waals surface area contributed by atoms with E-state index in [1.165, 1.54) is 31.3 Å². The zero-order valence-electron chi connectivity index (χ0n) is 7.92. The minimum absolute atomic E-state index is 0.448. The summed E-state index contributed by atoms with van der Waals surface area (Å²) in [6.45, 7) is 5.92. The summed E-state index contributed by atoms with van der Waals surface area (Å²) in [5.41, 5.74) is 1.40. The van der Waals surface area contributed by atoms with Gasteiger partial charge in [-0.25, -0.2) is 0 Å². The Morgan fingerprint density at radius 1 is 1.33 bits per heavy atom. The Morgan fingerprint density at radius 3 is 2.33 bits per heavy atom. The van der Waals surface area contributed by atoms with Crippen molar-refractivity contribution in [1.82, 2.24) is 0 Å². The molecule has 0 aromatic rings. The third-order valence-corrected chi connectivity index (χ3v) is 2.81. The molecular weight excluding hydrogens is 143 g/mol. The second-order valence-corrected chi connectivity index (χ2v) is 3.60. The number of rotatable bonds is 2. The fraction of sp³-hybridized carbons (Fsp3) is 0.636. The van der Waals surface area contributed by atoms with Gasteiger partial charge >= 0.3 is 0 Å². The maximum atomic E-state index is 5.83. The van der Waals surface area contributed by atoms with Crippen LogP contribution in [0.15, 0.2) is 24.3 Å². The van der Waals surface area contributed by atoms with Gasteiger partial charge in [0.1, 0.15) is 0 Å². The van der Waals surface area contributed by atoms with Crippen LogP contribution < -0.4 is 0 Å². The normalized spacial score (nSPS) is 31.6. The van der Waals surface area contributed by atoms with Crippen LogP contribution in [0.2, 0.25) is 5.82 Å². The molecule has 12 heavy (non-hydrogen) atoms. The first-order valence-electron chi connectivity index (χ1n) is 4.82. The lowest BCUT2D eigenvalue weighted by Crippen LogP contribution is -2.12. The zero-order valence-corrected chi connectivity index (χ0v) is 7.92. The highest BCUT2D eigenvalue weighted by atomic mass is 14.2. The van der Waals surface area contributed by atoms with Gasteiger partial charge in [0, 0.05) is 0 Å². The third-order valence-electron chi connectivity index (χ3n) is 2.81. The van der Waals surface area contributed by atoms with Gasteiger partial charge < -0.3 is 0 Å². The first-order chi connectivity index (χ1) is 5.77. The van der Waals surface area contributed by atoms with Crippen LogP contribution in [-0.4, -0.2) is 7.85 Å². The van der Waals surface area contributed by atoms with Crippen molar-refractivity contribution in [3.63, 3.8) is 0 Å². The molecule has 0 atom stereocenters. The Labute approximate surface area is 77.2 Å². The van der Waals surface area contributed by atoms with Crippen LogP contribution in [0, 0.1) is 5.92 Å². The van der Waals surface area contributed by atoms with Crippen LogP contribution in [0.25, 0.3) is 0 Å². The molecule has 0 aromatic heterocycles. The van der Waals surface area contributed by atoms with Gasteiger partial charge in [-0.1, -0.05) is 37.4 Å². The van der Waals surface area contributed by atoms with Gasteiger partial charge in [-0.15, -0.1) is 0 Å². The maximum Gasteiger partial charge on any atom is 0.0699 e. The lowest BCUT2D eigenvalue weighted by Gasteiger charge is -2.27. The SMILES string of the molecule is [B]C1CCC(/C(C=C)=C/C)CC1. The summed E-state index contributed by atoms with van der Waals surface area (Å²) >= 11 is 0.